The fourth-order valence-electron chi connectivity index (χ4n) is 4.35. The van der Waals surface area contributed by atoms with Crippen LogP contribution in [0.4, 0.5) is 0 Å². The van der Waals surface area contributed by atoms with Crippen LogP contribution in [0.1, 0.15) is 51.4 Å². The predicted octanol–water partition coefficient (Wildman–Crippen LogP) is -3.56. The Kier molecular flexibility index (Phi) is 9.62. The minimum absolute atomic E-state index is 0.198. The highest BCUT2D eigenvalue weighted by Gasteiger charge is 2.73. The summed E-state index contributed by atoms with van der Waals surface area (Å²) in [7, 11) is 0. The number of aliphatic hydroxyl groups is 8. The number of aliphatic hydroxyl groups excluding tert-OH is 8. The zero-order valence-corrected chi connectivity index (χ0v) is 19.4. The van der Waals surface area contributed by atoms with Crippen LogP contribution in [0.2, 0.25) is 0 Å². The van der Waals surface area contributed by atoms with Crippen molar-refractivity contribution in [3.05, 3.63) is 0 Å². The van der Waals surface area contributed by atoms with Crippen LogP contribution in [0.3, 0.4) is 0 Å². The van der Waals surface area contributed by atoms with Crippen molar-refractivity contribution in [1.29, 1.82) is 0 Å². The fraction of sp³-hybridized carbons (Fsp3) is 0.905. The van der Waals surface area contributed by atoms with Crippen molar-refractivity contribution >= 4 is 11.9 Å². The Morgan fingerprint density at radius 2 is 1.28 bits per heavy atom. The number of fused-ring (bicyclic) bond motifs is 1. The Hall–Kier alpha value is -1.50. The van der Waals surface area contributed by atoms with Gasteiger partial charge in [-0.25, -0.2) is 0 Å². The van der Waals surface area contributed by atoms with E-state index in [9.17, 15) is 50.4 Å². The van der Waals surface area contributed by atoms with E-state index < -0.39 is 79.5 Å². The van der Waals surface area contributed by atoms with Gasteiger partial charge in [-0.2, -0.15) is 0 Å². The summed E-state index contributed by atoms with van der Waals surface area (Å²) in [4.78, 5) is 25.5. The molecule has 208 valence electrons. The molecule has 3 heterocycles. The second-order valence-electron chi connectivity index (χ2n) is 9.08. The first-order valence-electron chi connectivity index (χ1n) is 11.8. The van der Waals surface area contributed by atoms with E-state index in [1.54, 1.807) is 0 Å². The van der Waals surface area contributed by atoms with Crippen LogP contribution in [-0.2, 0) is 33.3 Å². The lowest BCUT2D eigenvalue weighted by Crippen LogP contribution is -2.78. The molecule has 3 rings (SSSR count). The van der Waals surface area contributed by atoms with Crippen LogP contribution in [-0.4, -0.2) is 120 Å². The van der Waals surface area contributed by atoms with Crippen LogP contribution < -0.4 is 0 Å². The molecule has 3 aliphatic rings. The Morgan fingerprint density at radius 3 is 1.86 bits per heavy atom. The number of esters is 2. The summed E-state index contributed by atoms with van der Waals surface area (Å²) in [6.45, 7) is -1.40. The average molecular weight is 526 g/mol. The van der Waals surface area contributed by atoms with Crippen molar-refractivity contribution in [2.75, 3.05) is 6.61 Å². The van der Waals surface area contributed by atoms with Gasteiger partial charge in [0.1, 0.15) is 31.0 Å². The molecule has 0 spiro atoms. The summed E-state index contributed by atoms with van der Waals surface area (Å²) < 4.78 is 26.2. The third kappa shape index (κ3) is 5.66. The zero-order chi connectivity index (χ0) is 26.7. The van der Waals surface area contributed by atoms with Gasteiger partial charge in [-0.05, 0) is 12.8 Å². The summed E-state index contributed by atoms with van der Waals surface area (Å²) >= 11 is 0. The third-order valence-electron chi connectivity index (χ3n) is 6.45. The maximum absolute atomic E-state index is 12.8. The molecule has 0 aromatic rings. The maximum atomic E-state index is 12.8. The minimum Gasteiger partial charge on any atom is -0.423 e. The number of carbonyl (C=O) groups is 2. The SMILES string of the molecule is O=C1CCCCCCCCC(=O)O[C@@]2(O[C@H]3O[C@H](O)[C@@H](O)[C@H](O)[C@H]3O)[C@@H](O)[C@@H](O)[C@H](O)O[C@]2(CO)O1. The molecule has 0 unspecified atom stereocenters. The van der Waals surface area contributed by atoms with Crippen LogP contribution in [0, 0.1) is 0 Å². The lowest BCUT2D eigenvalue weighted by molar-refractivity contribution is -0.505. The summed E-state index contributed by atoms with van der Waals surface area (Å²) in [6, 6.07) is 0. The highest BCUT2D eigenvalue weighted by molar-refractivity contribution is 5.71. The molecular formula is C21H34O15. The quantitative estimate of drug-likeness (QED) is 0.166. The molecule has 0 saturated carbocycles. The smallest absolute Gasteiger partial charge is 0.313 e. The number of rotatable bonds is 3. The van der Waals surface area contributed by atoms with E-state index in [4.69, 9.17) is 23.7 Å². The minimum atomic E-state index is -3.19. The molecule has 15 heteroatoms. The van der Waals surface area contributed by atoms with Gasteiger partial charge in [-0.15, -0.1) is 0 Å². The van der Waals surface area contributed by atoms with E-state index in [-0.39, 0.29) is 12.8 Å². The van der Waals surface area contributed by atoms with E-state index in [0.717, 1.165) is 12.8 Å². The van der Waals surface area contributed by atoms with E-state index in [1.807, 2.05) is 0 Å². The second kappa shape index (κ2) is 11.9. The van der Waals surface area contributed by atoms with Gasteiger partial charge in [0.15, 0.2) is 25.0 Å². The van der Waals surface area contributed by atoms with Crippen molar-refractivity contribution in [3.63, 3.8) is 0 Å². The molecule has 10 atom stereocenters. The van der Waals surface area contributed by atoms with Crippen molar-refractivity contribution in [1.82, 2.24) is 0 Å². The molecule has 3 aliphatic heterocycles. The first kappa shape index (κ1) is 29.1. The van der Waals surface area contributed by atoms with E-state index in [2.05, 4.69) is 0 Å². The Morgan fingerprint density at radius 1 is 0.722 bits per heavy atom. The van der Waals surface area contributed by atoms with Crippen LogP contribution in [0.15, 0.2) is 0 Å². The number of hydrogen-bond donors (Lipinski definition) is 8. The van der Waals surface area contributed by atoms with Crippen LogP contribution in [0.25, 0.3) is 0 Å². The largest absolute Gasteiger partial charge is 0.423 e. The molecule has 3 saturated heterocycles. The van der Waals surface area contributed by atoms with Gasteiger partial charge in [-0.1, -0.05) is 25.7 Å². The van der Waals surface area contributed by atoms with Crippen molar-refractivity contribution in [2.45, 2.75) is 112 Å². The van der Waals surface area contributed by atoms with Gasteiger partial charge in [0.05, 0.1) is 0 Å². The van der Waals surface area contributed by atoms with Gasteiger partial charge in [0, 0.05) is 12.8 Å². The molecule has 0 radical (unpaired) electrons. The average Bonchev–Trinajstić information content (AvgIpc) is 2.84. The Bertz CT molecular complexity index is 766. The molecule has 0 aromatic heterocycles. The molecule has 8 N–H and O–H groups in total. The molecule has 0 amide bonds. The molecule has 0 bridgehead atoms. The van der Waals surface area contributed by atoms with Gasteiger partial charge in [-0.3, -0.25) is 9.59 Å². The molecule has 15 nitrogen and oxygen atoms in total. The first-order valence-corrected chi connectivity index (χ1v) is 11.8. The van der Waals surface area contributed by atoms with Crippen molar-refractivity contribution in [3.8, 4) is 0 Å². The maximum Gasteiger partial charge on any atom is 0.313 e. The number of ether oxygens (including phenoxy) is 5. The molecule has 36 heavy (non-hydrogen) atoms. The van der Waals surface area contributed by atoms with E-state index >= 15 is 0 Å². The predicted molar refractivity (Wildman–Crippen MR) is 111 cm³/mol. The number of carbonyl (C=O) groups excluding carboxylic acids is 2. The Balaban J connectivity index is 2.09. The summed E-state index contributed by atoms with van der Waals surface area (Å²) in [5, 5.41) is 81.9. The van der Waals surface area contributed by atoms with E-state index in [1.165, 1.54) is 0 Å². The van der Waals surface area contributed by atoms with Crippen molar-refractivity contribution < 1.29 is 74.1 Å². The lowest BCUT2D eigenvalue weighted by atomic mass is 9.90. The normalized spacial score (nSPS) is 45.7. The summed E-state index contributed by atoms with van der Waals surface area (Å²) in [5.74, 6) is -8.28. The highest BCUT2D eigenvalue weighted by atomic mass is 16.9. The standard InChI is InChI=1S/C21H34O15/c22-9-20-21(16(29)15(28)18(31)35-20,36-19-14(27)12(25)13(26)17(30)32-19)34-11(24)8-6-4-2-1-3-5-7-10(23)33-20/h12-19,22,25-31H,1-9H2/t12-,13-,14+,15+,16-,17-,18+,19+,20-,21+/m0/s1. The molecule has 0 aliphatic carbocycles. The van der Waals surface area contributed by atoms with Crippen LogP contribution >= 0.6 is 0 Å². The highest BCUT2D eigenvalue weighted by Crippen LogP contribution is 2.45. The third-order valence-corrected chi connectivity index (χ3v) is 6.45. The first-order chi connectivity index (χ1) is 17.0. The molecule has 3 fully saturated rings. The van der Waals surface area contributed by atoms with Gasteiger partial charge in [0.25, 0.3) is 0 Å². The van der Waals surface area contributed by atoms with Gasteiger partial charge >= 0.3 is 23.5 Å². The van der Waals surface area contributed by atoms with Crippen LogP contribution in [0.5, 0.6) is 0 Å². The summed E-state index contributed by atoms with van der Waals surface area (Å²) in [6.07, 6.45) is -14.5. The van der Waals surface area contributed by atoms with Crippen molar-refractivity contribution in [2.24, 2.45) is 0 Å². The van der Waals surface area contributed by atoms with E-state index in [0.29, 0.717) is 25.7 Å². The van der Waals surface area contributed by atoms with Gasteiger partial charge < -0.3 is 64.5 Å². The zero-order valence-electron chi connectivity index (χ0n) is 19.4. The molecule has 0 aromatic carbocycles. The topological polar surface area (TPSA) is 242 Å². The lowest BCUT2D eigenvalue weighted by Gasteiger charge is -2.54. The van der Waals surface area contributed by atoms with Gasteiger partial charge in [0.2, 0.25) is 0 Å². The Labute approximate surface area is 205 Å². The number of hydrogen-bond acceptors (Lipinski definition) is 15. The summed E-state index contributed by atoms with van der Waals surface area (Å²) in [5.41, 5.74) is 0. The second-order valence-corrected chi connectivity index (χ2v) is 9.08. The fourth-order valence-corrected chi connectivity index (χ4v) is 4.35. The monoisotopic (exact) mass is 526 g/mol. The molecular weight excluding hydrogens is 492 g/mol.